The summed E-state index contributed by atoms with van der Waals surface area (Å²) in [6.45, 7) is 5.18. The predicted octanol–water partition coefficient (Wildman–Crippen LogP) is 0.985. The smallest absolute Gasteiger partial charge is 0.419 e. The van der Waals surface area contributed by atoms with Crippen molar-refractivity contribution in [3.05, 3.63) is 12.3 Å². The average molecular weight is 172 g/mol. The standard InChI is InChI=1S/C8H12O4/c1-7-6-11-8(12-7)9-4-2-3-5-10-8/h1-6H2. The number of hydrogen-bond donors (Lipinski definition) is 0. The Balaban J connectivity index is 2.03. The molecule has 0 atom stereocenters. The van der Waals surface area contributed by atoms with Gasteiger partial charge in [-0.1, -0.05) is 6.58 Å². The third kappa shape index (κ3) is 1.46. The van der Waals surface area contributed by atoms with Crippen LogP contribution in [0.4, 0.5) is 0 Å². The summed E-state index contributed by atoms with van der Waals surface area (Å²) in [6.07, 6.45) is 0.676. The van der Waals surface area contributed by atoms with Crippen molar-refractivity contribution >= 4 is 0 Å². The fraction of sp³-hybridized carbons (Fsp3) is 0.750. The zero-order valence-electron chi connectivity index (χ0n) is 6.88. The molecule has 4 nitrogen and oxygen atoms in total. The Kier molecular flexibility index (Phi) is 2.04. The molecular weight excluding hydrogens is 160 g/mol. The highest BCUT2D eigenvalue weighted by Crippen LogP contribution is 2.29. The van der Waals surface area contributed by atoms with Crippen LogP contribution in [-0.4, -0.2) is 26.0 Å². The first kappa shape index (κ1) is 8.04. The summed E-state index contributed by atoms with van der Waals surface area (Å²) >= 11 is 0. The van der Waals surface area contributed by atoms with Gasteiger partial charge in [-0.15, -0.1) is 0 Å². The zero-order chi connectivity index (χ0) is 8.44. The van der Waals surface area contributed by atoms with Crippen LogP contribution in [0.3, 0.4) is 0 Å². The van der Waals surface area contributed by atoms with Crippen LogP contribution in [0, 0.1) is 0 Å². The molecule has 2 heterocycles. The van der Waals surface area contributed by atoms with E-state index in [-0.39, 0.29) is 0 Å². The minimum Gasteiger partial charge on any atom is -0.419 e. The first-order valence-electron chi connectivity index (χ1n) is 4.09. The molecule has 0 unspecified atom stereocenters. The van der Waals surface area contributed by atoms with Crippen molar-refractivity contribution < 1.29 is 18.9 Å². The molecule has 0 aromatic carbocycles. The lowest BCUT2D eigenvalue weighted by molar-refractivity contribution is -0.453. The van der Waals surface area contributed by atoms with E-state index >= 15 is 0 Å². The van der Waals surface area contributed by atoms with E-state index in [1.807, 2.05) is 0 Å². The van der Waals surface area contributed by atoms with E-state index in [1.54, 1.807) is 0 Å². The quantitative estimate of drug-likeness (QED) is 0.546. The van der Waals surface area contributed by atoms with Crippen molar-refractivity contribution in [1.82, 2.24) is 0 Å². The van der Waals surface area contributed by atoms with Crippen LogP contribution < -0.4 is 0 Å². The molecule has 0 aliphatic carbocycles. The molecule has 0 amide bonds. The van der Waals surface area contributed by atoms with Gasteiger partial charge < -0.3 is 4.74 Å². The maximum Gasteiger partial charge on any atom is 0.461 e. The van der Waals surface area contributed by atoms with Gasteiger partial charge in [0.25, 0.3) is 0 Å². The molecule has 1 spiro atoms. The van der Waals surface area contributed by atoms with Crippen LogP contribution in [0.5, 0.6) is 0 Å². The summed E-state index contributed by atoms with van der Waals surface area (Å²) in [5.41, 5.74) is 0. The molecule has 0 N–H and O–H groups in total. The molecule has 0 bridgehead atoms. The van der Waals surface area contributed by atoms with Crippen molar-refractivity contribution in [1.29, 1.82) is 0 Å². The van der Waals surface area contributed by atoms with Gasteiger partial charge in [0.2, 0.25) is 0 Å². The Bertz CT molecular complexity index is 181. The highest BCUT2D eigenvalue weighted by Gasteiger charge is 2.43. The predicted molar refractivity (Wildman–Crippen MR) is 40.0 cm³/mol. The second kappa shape index (κ2) is 3.05. The largest absolute Gasteiger partial charge is 0.461 e. The molecule has 0 aromatic heterocycles. The highest BCUT2D eigenvalue weighted by atomic mass is 17.0. The van der Waals surface area contributed by atoms with Gasteiger partial charge in [0.1, 0.15) is 12.4 Å². The Morgan fingerprint density at radius 3 is 2.25 bits per heavy atom. The summed E-state index contributed by atoms with van der Waals surface area (Å²) < 4.78 is 21.0. The second-order valence-corrected chi connectivity index (χ2v) is 2.83. The normalized spacial score (nSPS) is 28.5. The van der Waals surface area contributed by atoms with Crippen molar-refractivity contribution in [3.8, 4) is 0 Å². The van der Waals surface area contributed by atoms with Gasteiger partial charge in [-0.2, -0.15) is 0 Å². The van der Waals surface area contributed by atoms with Crippen LogP contribution in [0.15, 0.2) is 12.3 Å². The van der Waals surface area contributed by atoms with Crippen LogP contribution in [0.1, 0.15) is 12.8 Å². The van der Waals surface area contributed by atoms with Crippen molar-refractivity contribution in [2.45, 2.75) is 19.0 Å². The minimum atomic E-state index is -1.27. The van der Waals surface area contributed by atoms with Gasteiger partial charge in [-0.3, -0.25) is 14.2 Å². The van der Waals surface area contributed by atoms with Crippen molar-refractivity contribution in [2.75, 3.05) is 19.8 Å². The monoisotopic (exact) mass is 172 g/mol. The topological polar surface area (TPSA) is 36.9 Å². The van der Waals surface area contributed by atoms with Crippen LogP contribution >= 0.6 is 0 Å². The average Bonchev–Trinajstić information content (AvgIpc) is 2.30. The van der Waals surface area contributed by atoms with E-state index in [9.17, 15) is 0 Å². The fourth-order valence-corrected chi connectivity index (χ4v) is 1.19. The van der Waals surface area contributed by atoms with Gasteiger partial charge in [-0.25, -0.2) is 0 Å². The third-order valence-electron chi connectivity index (χ3n) is 1.78. The van der Waals surface area contributed by atoms with Crippen LogP contribution in [0.2, 0.25) is 0 Å². The fourth-order valence-electron chi connectivity index (χ4n) is 1.19. The molecular formula is C8H12O4. The molecule has 0 radical (unpaired) electrons. The molecule has 4 heteroatoms. The molecule has 2 saturated heterocycles. The maximum absolute atomic E-state index is 5.29. The van der Waals surface area contributed by atoms with E-state index in [0.29, 0.717) is 25.6 Å². The minimum absolute atomic E-state index is 0.347. The summed E-state index contributed by atoms with van der Waals surface area (Å²) in [5.74, 6) is 0.553. The molecule has 2 fully saturated rings. The molecule has 2 rings (SSSR count). The molecule has 0 saturated carbocycles. The van der Waals surface area contributed by atoms with Gasteiger partial charge in [-0.05, 0) is 12.8 Å². The summed E-state index contributed by atoms with van der Waals surface area (Å²) in [4.78, 5) is 0. The van der Waals surface area contributed by atoms with Gasteiger partial charge in [0.05, 0.1) is 13.2 Å². The van der Waals surface area contributed by atoms with Gasteiger partial charge >= 0.3 is 6.16 Å². The summed E-state index contributed by atoms with van der Waals surface area (Å²) in [6, 6.07) is 0. The summed E-state index contributed by atoms with van der Waals surface area (Å²) in [7, 11) is 0. The van der Waals surface area contributed by atoms with E-state index < -0.39 is 6.16 Å². The van der Waals surface area contributed by atoms with E-state index in [1.165, 1.54) is 0 Å². The highest BCUT2D eigenvalue weighted by molar-refractivity contribution is 4.87. The molecule has 0 aromatic rings. The zero-order valence-corrected chi connectivity index (χ0v) is 6.88. The Morgan fingerprint density at radius 1 is 1.08 bits per heavy atom. The number of rotatable bonds is 0. The van der Waals surface area contributed by atoms with Crippen molar-refractivity contribution in [3.63, 3.8) is 0 Å². The van der Waals surface area contributed by atoms with Crippen LogP contribution in [0.25, 0.3) is 0 Å². The maximum atomic E-state index is 5.29. The molecule has 12 heavy (non-hydrogen) atoms. The Morgan fingerprint density at radius 2 is 1.75 bits per heavy atom. The van der Waals surface area contributed by atoms with E-state index in [0.717, 1.165) is 12.8 Å². The summed E-state index contributed by atoms with van der Waals surface area (Å²) in [5, 5.41) is 0. The lowest BCUT2D eigenvalue weighted by Gasteiger charge is -2.23. The first-order valence-corrected chi connectivity index (χ1v) is 4.09. The second-order valence-electron chi connectivity index (χ2n) is 2.83. The number of ether oxygens (including phenoxy) is 4. The third-order valence-corrected chi connectivity index (χ3v) is 1.78. The molecule has 2 aliphatic rings. The Hall–Kier alpha value is -0.580. The van der Waals surface area contributed by atoms with Crippen LogP contribution in [-0.2, 0) is 18.9 Å². The number of hydrogen-bond acceptors (Lipinski definition) is 4. The van der Waals surface area contributed by atoms with E-state index in [4.69, 9.17) is 18.9 Å². The Labute approximate surface area is 71.0 Å². The SMILES string of the molecule is C=C1COC2(OCCCCO2)O1. The lowest BCUT2D eigenvalue weighted by atomic mass is 10.3. The van der Waals surface area contributed by atoms with Gasteiger partial charge in [0.15, 0.2) is 0 Å². The molecule has 68 valence electrons. The molecule has 2 aliphatic heterocycles. The first-order chi connectivity index (χ1) is 5.81. The van der Waals surface area contributed by atoms with Gasteiger partial charge in [0, 0.05) is 0 Å². The van der Waals surface area contributed by atoms with E-state index in [2.05, 4.69) is 6.58 Å². The lowest BCUT2D eigenvalue weighted by Crippen LogP contribution is -2.36. The van der Waals surface area contributed by atoms with Crippen molar-refractivity contribution in [2.24, 2.45) is 0 Å².